The first-order valence-corrected chi connectivity index (χ1v) is 10.3. The molecule has 3 rings (SSSR count). The number of thiocarbonyl (C=S) groups is 1. The van der Waals surface area contributed by atoms with Crippen LogP contribution in [-0.2, 0) is 10.2 Å². The molecule has 31 heavy (non-hydrogen) atoms. The highest BCUT2D eigenvalue weighted by Crippen LogP contribution is 2.22. The Hall–Kier alpha value is -3.51. The summed E-state index contributed by atoms with van der Waals surface area (Å²) in [7, 11) is 0. The molecule has 3 aromatic carbocycles. The van der Waals surface area contributed by atoms with Crippen LogP contribution in [0.15, 0.2) is 72.8 Å². The van der Waals surface area contributed by atoms with Crippen molar-refractivity contribution in [2.75, 3.05) is 0 Å². The molecule has 0 aromatic heterocycles. The minimum absolute atomic E-state index is 0.00670. The summed E-state index contributed by atoms with van der Waals surface area (Å²) >= 11 is 5.08. The Morgan fingerprint density at radius 2 is 1.55 bits per heavy atom. The predicted octanol–water partition coefficient (Wildman–Crippen LogP) is 4.49. The largest absolute Gasteiger partial charge is 0.298 e. The quantitative estimate of drug-likeness (QED) is 0.325. The van der Waals surface area contributed by atoms with E-state index in [2.05, 4.69) is 36.9 Å². The van der Waals surface area contributed by atoms with Gasteiger partial charge in [0.2, 0.25) is 5.91 Å². The van der Waals surface area contributed by atoms with Gasteiger partial charge in [0.25, 0.3) is 5.91 Å². The van der Waals surface area contributed by atoms with Gasteiger partial charge < -0.3 is 0 Å². The summed E-state index contributed by atoms with van der Waals surface area (Å²) in [6.07, 6.45) is 3.14. The van der Waals surface area contributed by atoms with E-state index in [9.17, 15) is 9.59 Å². The van der Waals surface area contributed by atoms with Crippen molar-refractivity contribution in [3.05, 3.63) is 89.5 Å². The van der Waals surface area contributed by atoms with Crippen LogP contribution >= 0.6 is 12.2 Å². The third-order valence-corrected chi connectivity index (χ3v) is 4.98. The highest BCUT2D eigenvalue weighted by Gasteiger charge is 2.14. The summed E-state index contributed by atoms with van der Waals surface area (Å²) in [5.74, 6) is -0.738. The summed E-state index contributed by atoms with van der Waals surface area (Å²) in [6.45, 7) is 6.33. The van der Waals surface area contributed by atoms with Crippen molar-refractivity contribution in [1.82, 2.24) is 16.2 Å². The van der Waals surface area contributed by atoms with Crippen molar-refractivity contribution in [2.45, 2.75) is 26.2 Å². The van der Waals surface area contributed by atoms with Crippen LogP contribution < -0.4 is 16.2 Å². The number of hydrogen-bond acceptors (Lipinski definition) is 3. The Labute approximate surface area is 187 Å². The van der Waals surface area contributed by atoms with Gasteiger partial charge in [-0.05, 0) is 57.7 Å². The van der Waals surface area contributed by atoms with Crippen molar-refractivity contribution in [3.8, 4) is 0 Å². The lowest BCUT2D eigenvalue weighted by Crippen LogP contribution is -2.48. The SMILES string of the molecule is CC(C)(C)c1ccc(C(=O)NNC(=S)NC(=O)/C=C/c2cccc3ccccc23)cc1. The number of rotatable bonds is 3. The monoisotopic (exact) mass is 431 g/mol. The Morgan fingerprint density at radius 1 is 0.871 bits per heavy atom. The smallest absolute Gasteiger partial charge is 0.269 e. The van der Waals surface area contributed by atoms with Crippen molar-refractivity contribution in [3.63, 3.8) is 0 Å². The summed E-state index contributed by atoms with van der Waals surface area (Å²) < 4.78 is 0. The Kier molecular flexibility index (Phi) is 6.82. The second-order valence-electron chi connectivity index (χ2n) is 8.13. The van der Waals surface area contributed by atoms with Crippen LogP contribution in [0.25, 0.3) is 16.8 Å². The van der Waals surface area contributed by atoms with Gasteiger partial charge in [-0.15, -0.1) is 0 Å². The highest BCUT2D eigenvalue weighted by molar-refractivity contribution is 7.80. The van der Waals surface area contributed by atoms with Gasteiger partial charge in [-0.25, -0.2) is 0 Å². The number of hydrogen-bond donors (Lipinski definition) is 3. The number of benzene rings is 3. The topological polar surface area (TPSA) is 70.2 Å². The van der Waals surface area contributed by atoms with Gasteiger partial charge >= 0.3 is 0 Å². The molecule has 0 fully saturated rings. The molecule has 0 bridgehead atoms. The zero-order valence-corrected chi connectivity index (χ0v) is 18.5. The summed E-state index contributed by atoms with van der Waals surface area (Å²) in [5, 5.41) is 4.67. The van der Waals surface area contributed by atoms with E-state index in [1.54, 1.807) is 18.2 Å². The first-order chi connectivity index (χ1) is 14.7. The van der Waals surface area contributed by atoms with Crippen LogP contribution in [0.4, 0.5) is 0 Å². The maximum absolute atomic E-state index is 12.3. The van der Waals surface area contributed by atoms with E-state index in [-0.39, 0.29) is 16.4 Å². The van der Waals surface area contributed by atoms with Crippen molar-refractivity contribution < 1.29 is 9.59 Å². The zero-order chi connectivity index (χ0) is 22.4. The molecular weight excluding hydrogens is 406 g/mol. The number of hydrazine groups is 1. The van der Waals surface area contributed by atoms with Crippen LogP contribution in [0.2, 0.25) is 0 Å². The van der Waals surface area contributed by atoms with Gasteiger partial charge in [0.1, 0.15) is 0 Å². The normalized spacial score (nSPS) is 11.3. The van der Waals surface area contributed by atoms with Crippen LogP contribution in [-0.4, -0.2) is 16.9 Å². The Bertz CT molecular complexity index is 1140. The van der Waals surface area contributed by atoms with Gasteiger partial charge in [-0.1, -0.05) is 75.4 Å². The fourth-order valence-electron chi connectivity index (χ4n) is 3.05. The minimum atomic E-state index is -0.394. The lowest BCUT2D eigenvalue weighted by atomic mass is 9.87. The van der Waals surface area contributed by atoms with Gasteiger partial charge in [-0.3, -0.25) is 25.8 Å². The van der Waals surface area contributed by atoms with E-state index in [4.69, 9.17) is 12.2 Å². The van der Waals surface area contributed by atoms with E-state index in [1.807, 2.05) is 54.6 Å². The standard InChI is InChI=1S/C25H25N3O2S/c1-25(2,3)20-14-11-19(12-15-20)23(30)27-28-24(31)26-22(29)16-13-18-9-6-8-17-7-4-5-10-21(17)18/h4-16H,1-3H3,(H,27,30)(H2,26,28,29,31)/b16-13+. The van der Waals surface area contributed by atoms with Crippen LogP contribution in [0.1, 0.15) is 42.3 Å². The highest BCUT2D eigenvalue weighted by atomic mass is 32.1. The van der Waals surface area contributed by atoms with E-state index in [0.717, 1.165) is 21.9 Å². The van der Waals surface area contributed by atoms with E-state index in [0.29, 0.717) is 5.56 Å². The minimum Gasteiger partial charge on any atom is -0.298 e. The molecule has 0 spiro atoms. The summed E-state index contributed by atoms with van der Waals surface area (Å²) in [4.78, 5) is 24.4. The molecule has 0 aliphatic rings. The number of carbonyl (C=O) groups excluding carboxylic acids is 2. The summed E-state index contributed by atoms with van der Waals surface area (Å²) in [6, 6.07) is 21.2. The van der Waals surface area contributed by atoms with E-state index < -0.39 is 5.91 Å². The number of fused-ring (bicyclic) bond motifs is 1. The second kappa shape index (κ2) is 9.53. The molecule has 0 unspecified atom stereocenters. The molecule has 6 heteroatoms. The molecule has 0 saturated carbocycles. The third-order valence-electron chi connectivity index (χ3n) is 4.78. The van der Waals surface area contributed by atoms with Gasteiger partial charge in [-0.2, -0.15) is 0 Å². The number of carbonyl (C=O) groups is 2. The molecule has 3 N–H and O–H groups in total. The molecule has 2 amide bonds. The molecule has 5 nitrogen and oxygen atoms in total. The molecule has 0 atom stereocenters. The lowest BCUT2D eigenvalue weighted by molar-refractivity contribution is -0.115. The van der Waals surface area contributed by atoms with Gasteiger partial charge in [0.15, 0.2) is 5.11 Å². The van der Waals surface area contributed by atoms with Gasteiger partial charge in [0, 0.05) is 11.6 Å². The third kappa shape index (κ3) is 5.99. The van der Waals surface area contributed by atoms with E-state index in [1.165, 1.54) is 6.08 Å². The average molecular weight is 432 g/mol. The fraction of sp³-hybridized carbons (Fsp3) is 0.160. The van der Waals surface area contributed by atoms with Gasteiger partial charge in [0.05, 0.1) is 0 Å². The average Bonchev–Trinajstić information content (AvgIpc) is 2.75. The molecule has 0 heterocycles. The molecule has 0 aliphatic carbocycles. The predicted molar refractivity (Wildman–Crippen MR) is 129 cm³/mol. The Morgan fingerprint density at radius 3 is 2.26 bits per heavy atom. The second-order valence-corrected chi connectivity index (χ2v) is 8.53. The maximum atomic E-state index is 12.3. The van der Waals surface area contributed by atoms with Crippen LogP contribution in [0, 0.1) is 0 Å². The Balaban J connectivity index is 1.52. The number of amides is 2. The first-order valence-electron chi connectivity index (χ1n) is 9.92. The summed E-state index contributed by atoms with van der Waals surface area (Å²) in [5.41, 5.74) is 7.61. The number of nitrogens with one attached hydrogen (secondary N) is 3. The van der Waals surface area contributed by atoms with Crippen LogP contribution in [0.3, 0.4) is 0 Å². The first kappa shape index (κ1) is 22.2. The van der Waals surface area contributed by atoms with Crippen molar-refractivity contribution >= 4 is 46.0 Å². The molecular formula is C25H25N3O2S. The molecule has 0 radical (unpaired) electrons. The lowest BCUT2D eigenvalue weighted by Gasteiger charge is -2.19. The molecule has 158 valence electrons. The van der Waals surface area contributed by atoms with E-state index >= 15 is 0 Å². The molecule has 0 aliphatic heterocycles. The molecule has 0 saturated heterocycles. The molecule has 3 aromatic rings. The zero-order valence-electron chi connectivity index (χ0n) is 17.7. The van der Waals surface area contributed by atoms with Crippen LogP contribution in [0.5, 0.6) is 0 Å². The van der Waals surface area contributed by atoms with Crippen molar-refractivity contribution in [2.24, 2.45) is 0 Å². The maximum Gasteiger partial charge on any atom is 0.269 e. The fourth-order valence-corrected chi connectivity index (χ4v) is 3.21. The van der Waals surface area contributed by atoms with Crippen molar-refractivity contribution in [1.29, 1.82) is 0 Å².